The Morgan fingerprint density at radius 2 is 1.19 bits per heavy atom. The first kappa shape index (κ1) is 58.1. The van der Waals surface area contributed by atoms with Gasteiger partial charge in [-0.1, -0.05) is 0 Å². The van der Waals surface area contributed by atoms with Gasteiger partial charge in [-0.15, -0.1) is 11.8 Å². The van der Waals surface area contributed by atoms with Crippen molar-refractivity contribution in [3.05, 3.63) is 28.2 Å². The molecule has 30 nitrogen and oxygen atoms in total. The van der Waals surface area contributed by atoms with Gasteiger partial charge in [0.2, 0.25) is 41.4 Å². The first-order valence-corrected chi connectivity index (χ1v) is 21.7. The maximum atomic E-state index is 13.8. The second kappa shape index (κ2) is 27.1. The summed E-state index contributed by atoms with van der Waals surface area (Å²) >= 11 is 0.545. The Balaban J connectivity index is 2.35. The fourth-order valence-electron chi connectivity index (χ4n) is 6.46. The molecule has 1 aromatic heterocycles. The molecule has 1 aromatic rings. The van der Waals surface area contributed by atoms with E-state index in [1.807, 2.05) is 5.32 Å². The van der Waals surface area contributed by atoms with Gasteiger partial charge < -0.3 is 58.3 Å². The summed E-state index contributed by atoms with van der Waals surface area (Å²) in [5.74, 6) is -8.71. The third-order valence-electron chi connectivity index (χ3n) is 10.4. The Morgan fingerprint density at radius 1 is 0.750 bits per heavy atom. The van der Waals surface area contributed by atoms with Crippen LogP contribution in [0.4, 0.5) is 4.79 Å². The number of primary amides is 1. The number of rotatable bonds is 25. The van der Waals surface area contributed by atoms with Crippen molar-refractivity contribution in [3.63, 3.8) is 0 Å². The number of urea groups is 1. The van der Waals surface area contributed by atoms with Gasteiger partial charge in [-0.25, -0.2) is 29.6 Å². The molecule has 0 aliphatic carbocycles. The lowest BCUT2D eigenvalue weighted by Crippen LogP contribution is -2.61. The molecule has 1 saturated heterocycles. The van der Waals surface area contributed by atoms with Crippen LogP contribution in [0.3, 0.4) is 0 Å². The van der Waals surface area contributed by atoms with E-state index in [2.05, 4.69) is 20.9 Å². The molecule has 1 aliphatic heterocycles. The largest absolute Gasteiger partial charge is 0.480 e. The molecular formula is C37H60N12O18S. The van der Waals surface area contributed by atoms with Gasteiger partial charge in [0.25, 0.3) is 0 Å². The lowest BCUT2D eigenvalue weighted by atomic mass is 10.00. The standard InChI is InChI=1S/C37H60N12O18S/c1-17(51)47(65)12-5-8-20(38)30(57)40-21(9-6-13-48(66)18(2)52)31(58)41-22(10-7-14-49(67)19(3)53)32(59)42-23(16-50)33(60)44-25(35(61)62)26(54)29-27(55)28(56)34(68-29)46-15-11-24(43-36(39)63)45(4)37(46)64/h11,15,20-23,25-29,34,50,54-56,65-67H,5-10,12-14,16,38H2,1-4H3,(H2,39,63)(H,40,57)(H,41,58)(H,42,59)(H,44,60)(H,61,62)/b43-24+/t20-,21-,22-,23-,25+,26-,27+,28+,29+,34+/m0/s1. The number of nitrogens with two attached hydrogens (primary N) is 2. The number of hydrogen-bond donors (Lipinski definition) is 14. The van der Waals surface area contributed by atoms with Crippen molar-refractivity contribution in [1.29, 1.82) is 0 Å². The average Bonchev–Trinajstić information content (AvgIpc) is 3.56. The van der Waals surface area contributed by atoms with E-state index >= 15 is 0 Å². The summed E-state index contributed by atoms with van der Waals surface area (Å²) < 4.78 is 1.78. The number of amides is 9. The number of thioether (sulfide) groups is 1. The van der Waals surface area contributed by atoms with Gasteiger partial charge >= 0.3 is 17.7 Å². The van der Waals surface area contributed by atoms with Crippen LogP contribution in [-0.2, 0) is 45.4 Å². The SMILES string of the molecule is CC(=O)N(O)CCC[C@H](NC(=O)[C@H](CCCN(O)C(C)=O)NC(=O)[C@@H](N)CCCN(O)C(C)=O)C(=O)N[C@@H](CO)C(=O)N[C@@H](C(=O)O)[C@H](O)[C@H]1S[C@@H](n2cc/c(=N\C(N)=O)n(C)c2=O)[C@H](O)[C@H]1O. The van der Waals surface area contributed by atoms with Crippen LogP contribution in [0.25, 0.3) is 0 Å². The minimum Gasteiger partial charge on any atom is -0.480 e. The van der Waals surface area contributed by atoms with Crippen molar-refractivity contribution in [2.75, 3.05) is 26.2 Å². The Kier molecular flexibility index (Phi) is 23.1. The molecule has 1 fully saturated rings. The van der Waals surface area contributed by atoms with E-state index in [0.29, 0.717) is 27.0 Å². The lowest BCUT2D eigenvalue weighted by Gasteiger charge is -2.29. The van der Waals surface area contributed by atoms with Crippen LogP contribution in [-0.4, -0.2) is 199 Å². The van der Waals surface area contributed by atoms with E-state index in [-0.39, 0.29) is 57.2 Å². The Labute approximate surface area is 390 Å². The fraction of sp³-hybridized carbons (Fsp3) is 0.649. The van der Waals surface area contributed by atoms with E-state index in [1.54, 1.807) is 0 Å². The highest BCUT2D eigenvalue weighted by atomic mass is 32.2. The molecule has 9 amide bonds. The Bertz CT molecular complexity index is 2130. The van der Waals surface area contributed by atoms with Crippen molar-refractivity contribution >= 4 is 65.1 Å². The summed E-state index contributed by atoms with van der Waals surface area (Å²) in [4.78, 5) is 129. The number of nitrogens with one attached hydrogen (secondary N) is 4. The predicted octanol–water partition coefficient (Wildman–Crippen LogP) is -6.74. The van der Waals surface area contributed by atoms with Crippen LogP contribution in [0, 0.1) is 0 Å². The van der Waals surface area contributed by atoms with Crippen LogP contribution in [0.1, 0.15) is 64.7 Å². The van der Waals surface area contributed by atoms with Gasteiger partial charge in [-0.05, 0) is 44.6 Å². The third-order valence-corrected chi connectivity index (χ3v) is 12.0. The summed E-state index contributed by atoms with van der Waals surface area (Å²) in [5.41, 5.74) is 9.99. The van der Waals surface area contributed by atoms with E-state index in [1.165, 1.54) is 13.1 Å². The van der Waals surface area contributed by atoms with Gasteiger partial charge in [0.15, 0.2) is 6.04 Å². The molecule has 0 bridgehead atoms. The molecule has 16 N–H and O–H groups in total. The molecule has 68 heavy (non-hydrogen) atoms. The van der Waals surface area contributed by atoms with E-state index in [0.717, 1.165) is 36.1 Å². The first-order chi connectivity index (χ1) is 31.7. The van der Waals surface area contributed by atoms with Gasteiger partial charge in [-0.3, -0.25) is 58.3 Å². The molecule has 0 spiro atoms. The number of carbonyl (C=O) groups excluding carboxylic acids is 8. The number of aliphatic hydroxyl groups excluding tert-OH is 4. The molecular weight excluding hydrogens is 933 g/mol. The van der Waals surface area contributed by atoms with Crippen LogP contribution >= 0.6 is 11.8 Å². The molecule has 2 heterocycles. The lowest BCUT2D eigenvalue weighted by molar-refractivity contribution is -0.163. The zero-order valence-corrected chi connectivity index (χ0v) is 38.2. The fourth-order valence-corrected chi connectivity index (χ4v) is 8.03. The number of aliphatic carboxylic acids is 1. The van der Waals surface area contributed by atoms with Gasteiger partial charge in [-0.2, -0.15) is 4.99 Å². The second-order valence-electron chi connectivity index (χ2n) is 15.5. The van der Waals surface area contributed by atoms with Crippen LogP contribution in [0.2, 0.25) is 0 Å². The zero-order valence-electron chi connectivity index (χ0n) is 37.4. The maximum Gasteiger partial charge on any atom is 0.340 e. The Hall–Kier alpha value is -6.06. The molecule has 0 unspecified atom stereocenters. The number of carboxylic acid groups (broad SMARTS) is 1. The van der Waals surface area contributed by atoms with E-state index in [9.17, 15) is 89.1 Å². The van der Waals surface area contributed by atoms with Crippen LogP contribution in [0.5, 0.6) is 0 Å². The summed E-state index contributed by atoms with van der Waals surface area (Å²) in [6.07, 6.45) is -5.91. The van der Waals surface area contributed by atoms with Crippen molar-refractivity contribution in [2.24, 2.45) is 23.5 Å². The highest BCUT2D eigenvalue weighted by Crippen LogP contribution is 2.43. The number of hydrogen-bond acceptors (Lipinski definition) is 19. The average molecular weight is 993 g/mol. The molecule has 2 rings (SSSR count). The third kappa shape index (κ3) is 16.9. The summed E-state index contributed by atoms with van der Waals surface area (Å²) in [5, 5.41) is 89.5. The van der Waals surface area contributed by atoms with Gasteiger partial charge in [0.1, 0.15) is 35.1 Å². The molecule has 0 aromatic carbocycles. The van der Waals surface area contributed by atoms with Crippen molar-refractivity contribution in [1.82, 2.24) is 45.6 Å². The molecule has 31 heteroatoms. The summed E-state index contributed by atoms with van der Waals surface area (Å²) in [7, 11) is 1.21. The number of aromatic nitrogens is 2. The smallest absolute Gasteiger partial charge is 0.340 e. The number of carbonyl (C=O) groups is 9. The maximum absolute atomic E-state index is 13.8. The first-order valence-electron chi connectivity index (χ1n) is 20.8. The van der Waals surface area contributed by atoms with Gasteiger partial charge in [0, 0.05) is 53.6 Å². The number of carboxylic acids is 1. The Morgan fingerprint density at radius 3 is 1.63 bits per heavy atom. The monoisotopic (exact) mass is 992 g/mol. The topological polar surface area (TPSA) is 465 Å². The van der Waals surface area contributed by atoms with E-state index < -0.39 is 131 Å². The minimum atomic E-state index is -2.31. The highest BCUT2D eigenvalue weighted by molar-refractivity contribution is 8.00. The summed E-state index contributed by atoms with van der Waals surface area (Å²) in [6, 6.07) is -8.79. The predicted molar refractivity (Wildman–Crippen MR) is 229 cm³/mol. The molecule has 1 aliphatic rings. The molecule has 382 valence electrons. The number of hydroxylamine groups is 6. The molecule has 10 atom stereocenters. The van der Waals surface area contributed by atoms with E-state index in [4.69, 9.17) is 11.5 Å². The molecule has 0 radical (unpaired) electrons. The second-order valence-corrected chi connectivity index (χ2v) is 16.8. The normalized spacial score (nSPS) is 19.6. The quantitative estimate of drug-likeness (QED) is 0.0320. The molecule has 0 saturated carbocycles. The zero-order chi connectivity index (χ0) is 51.7. The highest BCUT2D eigenvalue weighted by Gasteiger charge is 2.50. The van der Waals surface area contributed by atoms with Crippen LogP contribution < -0.4 is 43.9 Å². The van der Waals surface area contributed by atoms with Crippen molar-refractivity contribution < 1.29 is 84.3 Å². The van der Waals surface area contributed by atoms with Crippen molar-refractivity contribution in [3.8, 4) is 0 Å². The van der Waals surface area contributed by atoms with Gasteiger partial charge in [0.05, 0.1) is 30.1 Å². The minimum absolute atomic E-state index is 0.0520. The van der Waals surface area contributed by atoms with Crippen LogP contribution in [0.15, 0.2) is 22.1 Å². The number of aliphatic hydroxyl groups is 4. The summed E-state index contributed by atoms with van der Waals surface area (Å²) in [6.45, 7) is 1.07. The number of nitrogens with zero attached hydrogens (tertiary/aromatic N) is 6. The van der Waals surface area contributed by atoms with Crippen molar-refractivity contribution in [2.45, 2.75) is 118 Å².